The minimum atomic E-state index is 0.270. The summed E-state index contributed by atoms with van der Waals surface area (Å²) in [4.78, 5) is 0. The zero-order valence-corrected chi connectivity index (χ0v) is 7.22. The molecule has 0 saturated carbocycles. The van der Waals surface area contributed by atoms with Crippen molar-refractivity contribution in [1.29, 1.82) is 0 Å². The van der Waals surface area contributed by atoms with E-state index in [9.17, 15) is 0 Å². The summed E-state index contributed by atoms with van der Waals surface area (Å²) in [6.07, 6.45) is 0.270. The Morgan fingerprint density at radius 1 is 1.64 bits per heavy atom. The van der Waals surface area contributed by atoms with Gasteiger partial charge in [0.15, 0.2) is 0 Å². The van der Waals surface area contributed by atoms with Crippen molar-refractivity contribution in [3.05, 3.63) is 17.5 Å². The molecule has 0 bridgehead atoms. The van der Waals surface area contributed by atoms with E-state index in [1.165, 1.54) is 0 Å². The number of H-pyrrole nitrogens is 1. The number of nitrogens with zero attached hydrogens (tertiary/aromatic N) is 1. The molecule has 1 heterocycles. The SMILES string of the molecule is Cc1cc(COC(C)C)n[nH]1. The van der Waals surface area contributed by atoms with Crippen LogP contribution < -0.4 is 0 Å². The Kier molecular flexibility index (Phi) is 2.65. The average Bonchev–Trinajstić information content (AvgIpc) is 2.31. The average molecular weight is 154 g/mol. The third-order valence-corrected chi connectivity index (χ3v) is 1.32. The van der Waals surface area contributed by atoms with Crippen LogP contribution in [0.15, 0.2) is 6.07 Å². The predicted octanol–water partition coefficient (Wildman–Crippen LogP) is 1.64. The van der Waals surface area contributed by atoms with E-state index in [1.54, 1.807) is 0 Å². The van der Waals surface area contributed by atoms with Gasteiger partial charge in [0.2, 0.25) is 0 Å². The second-order valence-electron chi connectivity index (χ2n) is 2.90. The number of aryl methyl sites for hydroxylation is 1. The van der Waals surface area contributed by atoms with E-state index >= 15 is 0 Å². The first-order chi connectivity index (χ1) is 5.18. The fraction of sp³-hybridized carbons (Fsp3) is 0.625. The van der Waals surface area contributed by atoms with E-state index in [1.807, 2.05) is 26.8 Å². The van der Waals surface area contributed by atoms with Crippen LogP contribution >= 0.6 is 0 Å². The molecule has 1 rings (SSSR count). The van der Waals surface area contributed by atoms with Crippen molar-refractivity contribution in [2.75, 3.05) is 0 Å². The molecule has 0 aliphatic carbocycles. The van der Waals surface area contributed by atoms with Crippen molar-refractivity contribution in [1.82, 2.24) is 10.2 Å². The van der Waals surface area contributed by atoms with Gasteiger partial charge in [-0.1, -0.05) is 0 Å². The zero-order valence-electron chi connectivity index (χ0n) is 7.22. The van der Waals surface area contributed by atoms with E-state index in [0.717, 1.165) is 11.4 Å². The van der Waals surface area contributed by atoms with Gasteiger partial charge >= 0.3 is 0 Å². The van der Waals surface area contributed by atoms with Crippen molar-refractivity contribution < 1.29 is 4.74 Å². The second kappa shape index (κ2) is 3.53. The summed E-state index contributed by atoms with van der Waals surface area (Å²) >= 11 is 0. The number of rotatable bonds is 3. The lowest BCUT2D eigenvalue weighted by Crippen LogP contribution is -2.02. The van der Waals surface area contributed by atoms with Crippen LogP contribution in [0, 0.1) is 6.92 Å². The molecule has 0 aliphatic rings. The third-order valence-electron chi connectivity index (χ3n) is 1.32. The van der Waals surface area contributed by atoms with Crippen LogP contribution in [-0.2, 0) is 11.3 Å². The standard InChI is InChI=1S/C8H14N2O/c1-6(2)11-5-8-4-7(3)9-10-8/h4,6H,5H2,1-3H3,(H,9,10). The maximum absolute atomic E-state index is 5.36. The summed E-state index contributed by atoms with van der Waals surface area (Å²) in [5.74, 6) is 0. The van der Waals surface area contributed by atoms with Gasteiger partial charge in [-0.25, -0.2) is 0 Å². The molecule has 62 valence electrons. The Hall–Kier alpha value is -0.830. The Balaban J connectivity index is 2.39. The van der Waals surface area contributed by atoms with E-state index in [-0.39, 0.29) is 6.10 Å². The fourth-order valence-electron chi connectivity index (χ4n) is 0.800. The molecular formula is C8H14N2O. The van der Waals surface area contributed by atoms with Crippen molar-refractivity contribution in [2.24, 2.45) is 0 Å². The van der Waals surface area contributed by atoms with Gasteiger partial charge in [-0.3, -0.25) is 5.10 Å². The van der Waals surface area contributed by atoms with Gasteiger partial charge in [-0.15, -0.1) is 0 Å². The van der Waals surface area contributed by atoms with Crippen LogP contribution in [0.2, 0.25) is 0 Å². The van der Waals surface area contributed by atoms with Gasteiger partial charge < -0.3 is 4.74 Å². The molecule has 1 aromatic rings. The van der Waals surface area contributed by atoms with Crippen LogP contribution in [0.3, 0.4) is 0 Å². The Bertz CT molecular complexity index is 218. The van der Waals surface area contributed by atoms with Crippen LogP contribution in [0.25, 0.3) is 0 Å². The van der Waals surface area contributed by atoms with Gasteiger partial charge in [0.05, 0.1) is 18.4 Å². The summed E-state index contributed by atoms with van der Waals surface area (Å²) in [6.45, 7) is 6.60. The Morgan fingerprint density at radius 2 is 2.36 bits per heavy atom. The molecule has 0 unspecified atom stereocenters. The maximum atomic E-state index is 5.36. The van der Waals surface area contributed by atoms with Crippen molar-refractivity contribution >= 4 is 0 Å². The number of aromatic amines is 1. The summed E-state index contributed by atoms with van der Waals surface area (Å²) in [5, 5.41) is 6.90. The minimum Gasteiger partial charge on any atom is -0.372 e. The smallest absolute Gasteiger partial charge is 0.0909 e. The van der Waals surface area contributed by atoms with Gasteiger partial charge in [-0.05, 0) is 26.8 Å². The highest BCUT2D eigenvalue weighted by molar-refractivity contribution is 5.05. The first kappa shape index (κ1) is 8.27. The lowest BCUT2D eigenvalue weighted by Gasteiger charge is -2.03. The molecule has 0 saturated heterocycles. The summed E-state index contributed by atoms with van der Waals surface area (Å²) in [7, 11) is 0. The number of hydrogen-bond acceptors (Lipinski definition) is 2. The van der Waals surface area contributed by atoms with Gasteiger partial charge in [0.25, 0.3) is 0 Å². The number of ether oxygens (including phenoxy) is 1. The molecule has 3 heteroatoms. The highest BCUT2D eigenvalue weighted by atomic mass is 16.5. The van der Waals surface area contributed by atoms with Gasteiger partial charge in [0, 0.05) is 5.69 Å². The fourth-order valence-corrected chi connectivity index (χ4v) is 0.800. The molecular weight excluding hydrogens is 140 g/mol. The molecule has 0 aromatic carbocycles. The molecule has 1 aromatic heterocycles. The molecule has 0 fully saturated rings. The number of hydrogen-bond donors (Lipinski definition) is 1. The predicted molar refractivity (Wildman–Crippen MR) is 43.2 cm³/mol. The first-order valence-corrected chi connectivity index (χ1v) is 3.81. The van der Waals surface area contributed by atoms with E-state index in [0.29, 0.717) is 6.61 Å². The quantitative estimate of drug-likeness (QED) is 0.718. The minimum absolute atomic E-state index is 0.270. The molecule has 0 radical (unpaired) electrons. The van der Waals surface area contributed by atoms with Crippen LogP contribution in [0.4, 0.5) is 0 Å². The Labute approximate surface area is 66.8 Å². The molecule has 11 heavy (non-hydrogen) atoms. The summed E-state index contributed by atoms with van der Waals surface area (Å²) in [6, 6.07) is 1.99. The van der Waals surface area contributed by atoms with Gasteiger partial charge in [0.1, 0.15) is 0 Å². The first-order valence-electron chi connectivity index (χ1n) is 3.81. The lowest BCUT2D eigenvalue weighted by molar-refractivity contribution is 0.0636. The van der Waals surface area contributed by atoms with Gasteiger partial charge in [-0.2, -0.15) is 5.10 Å². The molecule has 3 nitrogen and oxygen atoms in total. The molecule has 1 N–H and O–H groups in total. The van der Waals surface area contributed by atoms with E-state index < -0.39 is 0 Å². The molecule has 0 amide bonds. The zero-order chi connectivity index (χ0) is 8.27. The van der Waals surface area contributed by atoms with E-state index in [2.05, 4.69) is 10.2 Å². The number of nitrogens with one attached hydrogen (secondary N) is 1. The maximum Gasteiger partial charge on any atom is 0.0909 e. The van der Waals surface area contributed by atoms with E-state index in [4.69, 9.17) is 4.74 Å². The monoisotopic (exact) mass is 154 g/mol. The highest BCUT2D eigenvalue weighted by Crippen LogP contribution is 2.01. The Morgan fingerprint density at radius 3 is 2.82 bits per heavy atom. The van der Waals surface area contributed by atoms with Crippen molar-refractivity contribution in [3.8, 4) is 0 Å². The largest absolute Gasteiger partial charge is 0.372 e. The molecule has 0 aliphatic heterocycles. The summed E-state index contributed by atoms with van der Waals surface area (Å²) < 4.78 is 5.36. The molecule has 0 atom stereocenters. The second-order valence-corrected chi connectivity index (χ2v) is 2.90. The van der Waals surface area contributed by atoms with Crippen molar-refractivity contribution in [3.63, 3.8) is 0 Å². The topological polar surface area (TPSA) is 37.9 Å². The normalized spacial score (nSPS) is 10.9. The van der Waals surface area contributed by atoms with Crippen molar-refractivity contribution in [2.45, 2.75) is 33.5 Å². The third kappa shape index (κ3) is 2.72. The molecule has 0 spiro atoms. The lowest BCUT2D eigenvalue weighted by atomic mass is 10.4. The van der Waals surface area contributed by atoms with Crippen LogP contribution in [0.5, 0.6) is 0 Å². The highest BCUT2D eigenvalue weighted by Gasteiger charge is 1.98. The van der Waals surface area contributed by atoms with Crippen LogP contribution in [0.1, 0.15) is 25.2 Å². The number of aromatic nitrogens is 2. The summed E-state index contributed by atoms with van der Waals surface area (Å²) in [5.41, 5.74) is 2.04. The van der Waals surface area contributed by atoms with Crippen LogP contribution in [-0.4, -0.2) is 16.3 Å².